The van der Waals surface area contributed by atoms with Crippen LogP contribution in [0.4, 0.5) is 0 Å². The normalized spacial score (nSPS) is 15.7. The van der Waals surface area contributed by atoms with E-state index in [0.717, 1.165) is 73.4 Å². The predicted octanol–water partition coefficient (Wildman–Crippen LogP) is 6.45. The highest BCUT2D eigenvalue weighted by Crippen LogP contribution is 2.40. The largest absolute Gasteiger partial charge is 0.433 e. The van der Waals surface area contributed by atoms with Gasteiger partial charge in [0.25, 0.3) is 0 Å². The van der Waals surface area contributed by atoms with Gasteiger partial charge in [-0.05, 0) is 49.6 Å². The molecule has 2 aromatic rings. The molecule has 0 N–H and O–H groups in total. The molecule has 0 aromatic carbocycles. The molecule has 3 heterocycles. The summed E-state index contributed by atoms with van der Waals surface area (Å²) in [4.78, 5) is 9.40. The van der Waals surface area contributed by atoms with Crippen molar-refractivity contribution in [2.24, 2.45) is 0 Å². The van der Waals surface area contributed by atoms with E-state index in [1.807, 2.05) is 12.1 Å². The van der Waals surface area contributed by atoms with E-state index in [1.54, 1.807) is 18.0 Å². The Balaban J connectivity index is 1.90. The fraction of sp³-hybridized carbons (Fsp3) is 0.600. The second kappa shape index (κ2) is 9.77. The Kier molecular flexibility index (Phi) is 7.41. The summed E-state index contributed by atoms with van der Waals surface area (Å²) in [5.41, 5.74) is 1.11. The molecule has 0 bridgehead atoms. The molecule has 2 aromatic heterocycles. The maximum Gasteiger partial charge on any atom is 0.199 e. The molecule has 0 unspecified atom stereocenters. The number of aromatic nitrogens is 2. The third-order valence-corrected chi connectivity index (χ3v) is 5.92. The van der Waals surface area contributed by atoms with Crippen molar-refractivity contribution in [2.75, 3.05) is 13.2 Å². The van der Waals surface area contributed by atoms with E-state index < -0.39 is 0 Å². The first-order valence-electron chi connectivity index (χ1n) is 9.59. The van der Waals surface area contributed by atoms with Gasteiger partial charge in [0.1, 0.15) is 5.03 Å². The van der Waals surface area contributed by atoms with Gasteiger partial charge in [0.15, 0.2) is 11.0 Å². The molecule has 142 valence electrons. The van der Waals surface area contributed by atoms with Gasteiger partial charge in [-0.3, -0.25) is 0 Å². The molecule has 1 fully saturated rings. The van der Waals surface area contributed by atoms with Gasteiger partial charge in [-0.2, -0.15) is 0 Å². The minimum Gasteiger partial charge on any atom is -0.433 e. The Morgan fingerprint density at radius 3 is 2.54 bits per heavy atom. The van der Waals surface area contributed by atoms with Crippen LogP contribution in [-0.4, -0.2) is 23.2 Å². The van der Waals surface area contributed by atoms with Crippen LogP contribution in [0.15, 0.2) is 32.9 Å². The van der Waals surface area contributed by atoms with Crippen LogP contribution in [0.3, 0.4) is 0 Å². The van der Waals surface area contributed by atoms with E-state index in [0.29, 0.717) is 16.9 Å². The topological polar surface area (TPSA) is 48.2 Å². The standard InChI is InChI=1S/C20H27ClN2O2S/c1-3-5-14(6-4-2)18-20(26-17-8-7-16(21)13-22-17)25-19(23-18)15-9-11-24-12-10-15/h7-8,13-15H,3-6,9-12H2,1-2H3. The van der Waals surface area contributed by atoms with Crippen molar-refractivity contribution >= 4 is 23.4 Å². The van der Waals surface area contributed by atoms with Gasteiger partial charge in [0.2, 0.25) is 0 Å². The molecule has 3 rings (SSSR count). The Morgan fingerprint density at radius 2 is 1.92 bits per heavy atom. The maximum atomic E-state index is 6.29. The highest BCUT2D eigenvalue weighted by molar-refractivity contribution is 7.99. The molecule has 4 nitrogen and oxygen atoms in total. The van der Waals surface area contributed by atoms with Crippen LogP contribution in [0.25, 0.3) is 0 Å². The molecule has 0 saturated carbocycles. The van der Waals surface area contributed by atoms with E-state index >= 15 is 0 Å². The monoisotopic (exact) mass is 394 g/mol. The molecule has 26 heavy (non-hydrogen) atoms. The molecule has 0 aliphatic carbocycles. The Labute approximate surface area is 165 Å². The van der Waals surface area contributed by atoms with Crippen molar-refractivity contribution in [3.05, 3.63) is 34.9 Å². The van der Waals surface area contributed by atoms with Gasteiger partial charge in [0, 0.05) is 31.2 Å². The molecule has 0 atom stereocenters. The average molecular weight is 395 g/mol. The number of rotatable bonds is 8. The minimum absolute atomic E-state index is 0.360. The van der Waals surface area contributed by atoms with Gasteiger partial charge in [-0.25, -0.2) is 9.97 Å². The van der Waals surface area contributed by atoms with E-state index in [4.69, 9.17) is 25.7 Å². The van der Waals surface area contributed by atoms with Gasteiger partial charge >= 0.3 is 0 Å². The van der Waals surface area contributed by atoms with Crippen molar-refractivity contribution in [1.29, 1.82) is 0 Å². The van der Waals surface area contributed by atoms with Crippen LogP contribution in [-0.2, 0) is 4.74 Å². The van der Waals surface area contributed by atoms with Crippen LogP contribution in [0.1, 0.15) is 75.8 Å². The van der Waals surface area contributed by atoms with E-state index in [9.17, 15) is 0 Å². The first-order valence-corrected chi connectivity index (χ1v) is 10.8. The van der Waals surface area contributed by atoms with Crippen LogP contribution in [0.5, 0.6) is 0 Å². The van der Waals surface area contributed by atoms with Crippen molar-refractivity contribution in [1.82, 2.24) is 9.97 Å². The summed E-state index contributed by atoms with van der Waals surface area (Å²) in [6, 6.07) is 3.80. The summed E-state index contributed by atoms with van der Waals surface area (Å²) in [6.07, 6.45) is 8.20. The smallest absolute Gasteiger partial charge is 0.199 e. The predicted molar refractivity (Wildman–Crippen MR) is 105 cm³/mol. The van der Waals surface area contributed by atoms with Crippen LogP contribution in [0, 0.1) is 0 Å². The molecule has 0 spiro atoms. The molecular formula is C20H27ClN2O2S. The maximum absolute atomic E-state index is 6.29. The van der Waals surface area contributed by atoms with Gasteiger partial charge in [-0.15, -0.1) is 0 Å². The Hall–Kier alpha value is -1.04. The number of ether oxygens (including phenoxy) is 1. The van der Waals surface area contributed by atoms with E-state index in [2.05, 4.69) is 18.8 Å². The third kappa shape index (κ3) is 5.02. The number of halogens is 1. The number of hydrogen-bond donors (Lipinski definition) is 0. The fourth-order valence-corrected chi connectivity index (χ4v) is 4.40. The number of hydrogen-bond acceptors (Lipinski definition) is 5. The molecular weight excluding hydrogens is 368 g/mol. The summed E-state index contributed by atoms with van der Waals surface area (Å²) >= 11 is 7.52. The van der Waals surface area contributed by atoms with Crippen LogP contribution in [0.2, 0.25) is 5.02 Å². The lowest BCUT2D eigenvalue weighted by atomic mass is 9.95. The first kappa shape index (κ1) is 19.7. The minimum atomic E-state index is 0.360. The summed E-state index contributed by atoms with van der Waals surface area (Å²) in [6.45, 7) is 6.04. The van der Waals surface area contributed by atoms with E-state index in [1.165, 1.54) is 0 Å². The second-order valence-electron chi connectivity index (χ2n) is 6.80. The molecule has 6 heteroatoms. The average Bonchev–Trinajstić information content (AvgIpc) is 3.08. The second-order valence-corrected chi connectivity index (χ2v) is 8.23. The Bertz CT molecular complexity index is 678. The van der Waals surface area contributed by atoms with Crippen molar-refractivity contribution in [3.63, 3.8) is 0 Å². The summed E-state index contributed by atoms with van der Waals surface area (Å²) < 4.78 is 11.8. The molecule has 1 saturated heterocycles. The van der Waals surface area contributed by atoms with Crippen LogP contribution < -0.4 is 0 Å². The highest BCUT2D eigenvalue weighted by atomic mass is 35.5. The highest BCUT2D eigenvalue weighted by Gasteiger charge is 2.27. The van der Waals surface area contributed by atoms with Crippen molar-refractivity contribution in [3.8, 4) is 0 Å². The number of oxazole rings is 1. The molecule has 0 amide bonds. The zero-order valence-corrected chi connectivity index (χ0v) is 17.1. The zero-order valence-electron chi connectivity index (χ0n) is 15.5. The molecule has 0 radical (unpaired) electrons. The first-order chi connectivity index (χ1) is 12.7. The quantitative estimate of drug-likeness (QED) is 0.514. The molecule has 1 aliphatic heterocycles. The van der Waals surface area contributed by atoms with Crippen LogP contribution >= 0.6 is 23.4 Å². The van der Waals surface area contributed by atoms with Crippen molar-refractivity contribution < 1.29 is 9.15 Å². The number of pyridine rings is 1. The lowest BCUT2D eigenvalue weighted by Crippen LogP contribution is -2.14. The van der Waals surface area contributed by atoms with Gasteiger partial charge < -0.3 is 9.15 Å². The van der Waals surface area contributed by atoms with Gasteiger partial charge in [-0.1, -0.05) is 38.3 Å². The van der Waals surface area contributed by atoms with Crippen molar-refractivity contribution in [2.45, 2.75) is 74.3 Å². The zero-order chi connectivity index (χ0) is 18.4. The molecule has 1 aliphatic rings. The SMILES string of the molecule is CCCC(CCC)c1nc(C2CCOCC2)oc1Sc1ccc(Cl)cn1. The van der Waals surface area contributed by atoms with Gasteiger partial charge in [0.05, 0.1) is 10.7 Å². The lowest BCUT2D eigenvalue weighted by molar-refractivity contribution is 0.0786. The van der Waals surface area contributed by atoms with E-state index in [-0.39, 0.29) is 0 Å². The summed E-state index contributed by atoms with van der Waals surface area (Å²) in [7, 11) is 0. The summed E-state index contributed by atoms with van der Waals surface area (Å²) in [5, 5.41) is 2.43. The Morgan fingerprint density at radius 1 is 1.19 bits per heavy atom. The number of nitrogens with zero attached hydrogens (tertiary/aromatic N) is 2. The third-order valence-electron chi connectivity index (χ3n) is 4.77. The fourth-order valence-electron chi connectivity index (χ4n) is 3.42. The summed E-state index contributed by atoms with van der Waals surface area (Å²) in [5.74, 6) is 1.67. The lowest BCUT2D eigenvalue weighted by Gasteiger charge is -2.18.